The van der Waals surface area contributed by atoms with Gasteiger partial charge >= 0.3 is 11.9 Å². The van der Waals surface area contributed by atoms with Gasteiger partial charge in [-0.25, -0.2) is 4.79 Å². The molecule has 0 spiro atoms. The quantitative estimate of drug-likeness (QED) is 0.258. The molecule has 0 fully saturated rings. The van der Waals surface area contributed by atoms with Crippen molar-refractivity contribution in [3.63, 3.8) is 0 Å². The van der Waals surface area contributed by atoms with Crippen molar-refractivity contribution in [3.05, 3.63) is 88.5 Å². The highest BCUT2D eigenvalue weighted by Crippen LogP contribution is 2.23. The number of non-ortho nitro benzene ring substituents is 1. The number of ether oxygens (including phenoxy) is 2. The molecule has 9 heteroatoms. The van der Waals surface area contributed by atoms with Gasteiger partial charge in [0, 0.05) is 24.7 Å². The lowest BCUT2D eigenvalue weighted by Crippen LogP contribution is -2.20. The Kier molecular flexibility index (Phi) is 6.92. The molecule has 3 aromatic rings. The van der Waals surface area contributed by atoms with E-state index in [0.717, 1.165) is 11.1 Å². The van der Waals surface area contributed by atoms with Gasteiger partial charge in [-0.15, -0.1) is 0 Å². The summed E-state index contributed by atoms with van der Waals surface area (Å²) in [7, 11) is 0. The van der Waals surface area contributed by atoms with Crippen molar-refractivity contribution >= 4 is 29.2 Å². The second-order valence-electron chi connectivity index (χ2n) is 6.62. The third-order valence-corrected chi connectivity index (χ3v) is 4.27. The predicted molar refractivity (Wildman–Crippen MR) is 115 cm³/mol. The molecule has 0 saturated heterocycles. The topological polar surface area (TPSA) is 125 Å². The summed E-state index contributed by atoms with van der Waals surface area (Å²) >= 11 is 0. The molecule has 9 nitrogen and oxygen atoms in total. The first-order chi connectivity index (χ1) is 15.3. The number of anilines is 1. The van der Waals surface area contributed by atoms with Gasteiger partial charge < -0.3 is 14.8 Å². The molecule has 3 aromatic carbocycles. The highest BCUT2D eigenvalue weighted by molar-refractivity contribution is 5.95. The first-order valence-electron chi connectivity index (χ1n) is 9.42. The second kappa shape index (κ2) is 9.98. The van der Waals surface area contributed by atoms with Gasteiger partial charge in [-0.1, -0.05) is 24.3 Å². The van der Waals surface area contributed by atoms with Gasteiger partial charge in [-0.3, -0.25) is 19.7 Å². The Hall–Kier alpha value is -4.53. The van der Waals surface area contributed by atoms with Crippen molar-refractivity contribution in [2.45, 2.75) is 6.92 Å². The van der Waals surface area contributed by atoms with Crippen molar-refractivity contribution in [3.8, 4) is 16.9 Å². The van der Waals surface area contributed by atoms with Crippen molar-refractivity contribution in [2.75, 3.05) is 11.9 Å². The van der Waals surface area contributed by atoms with Crippen LogP contribution in [0.3, 0.4) is 0 Å². The molecule has 162 valence electrons. The number of nitrogens with zero attached hydrogens (tertiary/aromatic N) is 1. The molecule has 0 bridgehead atoms. The van der Waals surface area contributed by atoms with E-state index in [2.05, 4.69) is 5.32 Å². The zero-order valence-corrected chi connectivity index (χ0v) is 16.9. The maximum Gasteiger partial charge on any atom is 0.338 e. The summed E-state index contributed by atoms with van der Waals surface area (Å²) in [6.45, 7) is 0.820. The molecular formula is C23H18N2O7. The van der Waals surface area contributed by atoms with E-state index < -0.39 is 29.4 Å². The summed E-state index contributed by atoms with van der Waals surface area (Å²) < 4.78 is 10.0. The Labute approximate surface area is 182 Å². The van der Waals surface area contributed by atoms with E-state index in [9.17, 15) is 24.5 Å². The molecule has 0 unspecified atom stereocenters. The van der Waals surface area contributed by atoms with Crippen LogP contribution in [0.4, 0.5) is 11.4 Å². The van der Waals surface area contributed by atoms with Crippen molar-refractivity contribution in [1.29, 1.82) is 0 Å². The Morgan fingerprint density at radius 1 is 0.875 bits per heavy atom. The summed E-state index contributed by atoms with van der Waals surface area (Å²) in [5, 5.41) is 13.1. The van der Waals surface area contributed by atoms with Crippen molar-refractivity contribution in [2.24, 2.45) is 0 Å². The molecule has 32 heavy (non-hydrogen) atoms. The minimum absolute atomic E-state index is 0.0989. The van der Waals surface area contributed by atoms with Crippen LogP contribution in [0.5, 0.6) is 5.75 Å². The molecular weight excluding hydrogens is 416 g/mol. The number of nitrogens with one attached hydrogen (secondary N) is 1. The first-order valence-corrected chi connectivity index (χ1v) is 9.42. The number of esters is 2. The number of nitro benzene ring substituents is 1. The van der Waals surface area contributed by atoms with Crippen LogP contribution in [0.25, 0.3) is 11.1 Å². The normalized spacial score (nSPS) is 10.2. The molecule has 0 saturated carbocycles. The summed E-state index contributed by atoms with van der Waals surface area (Å²) in [5.74, 6) is -1.20. The average molecular weight is 434 g/mol. The Bertz CT molecular complexity index is 1140. The number of amides is 1. The minimum atomic E-state index is -0.666. The summed E-state index contributed by atoms with van der Waals surface area (Å²) in [5.41, 5.74) is 2.22. The Morgan fingerprint density at radius 2 is 1.44 bits per heavy atom. The van der Waals surface area contributed by atoms with Crippen LogP contribution in [0.2, 0.25) is 0 Å². The van der Waals surface area contributed by atoms with Crippen LogP contribution in [0, 0.1) is 10.1 Å². The Morgan fingerprint density at radius 3 is 1.97 bits per heavy atom. The molecule has 3 rings (SSSR count). The van der Waals surface area contributed by atoms with Gasteiger partial charge in [0.15, 0.2) is 6.61 Å². The number of rotatable bonds is 7. The fraction of sp³-hybridized carbons (Fsp3) is 0.0870. The molecule has 1 N–H and O–H groups in total. The van der Waals surface area contributed by atoms with Crippen LogP contribution in [-0.2, 0) is 14.3 Å². The molecule has 0 aliphatic heterocycles. The monoisotopic (exact) mass is 434 g/mol. The summed E-state index contributed by atoms with van der Waals surface area (Å²) in [6, 6.07) is 18.8. The smallest absolute Gasteiger partial charge is 0.338 e. The molecule has 0 aliphatic carbocycles. The largest absolute Gasteiger partial charge is 0.452 e. The average Bonchev–Trinajstić information content (AvgIpc) is 2.78. The van der Waals surface area contributed by atoms with Crippen LogP contribution in [-0.4, -0.2) is 29.4 Å². The van der Waals surface area contributed by atoms with Gasteiger partial charge in [0.1, 0.15) is 5.75 Å². The van der Waals surface area contributed by atoms with E-state index in [1.54, 1.807) is 48.5 Å². The molecule has 0 aromatic heterocycles. The lowest BCUT2D eigenvalue weighted by atomic mass is 10.0. The lowest BCUT2D eigenvalue weighted by Gasteiger charge is -2.08. The third kappa shape index (κ3) is 5.99. The number of carbonyl (C=O) groups excluding carboxylic acids is 3. The molecule has 0 aliphatic rings. The van der Waals surface area contributed by atoms with E-state index >= 15 is 0 Å². The SMILES string of the molecule is CC(=O)Oc1ccc(-c2ccc(C(=O)OCC(=O)Nc3ccc([N+](=O)[O-])cc3)cc2)cc1. The summed E-state index contributed by atoms with van der Waals surface area (Å²) in [4.78, 5) is 45.2. The number of hydrogen-bond donors (Lipinski definition) is 1. The third-order valence-electron chi connectivity index (χ3n) is 4.27. The molecule has 0 radical (unpaired) electrons. The highest BCUT2D eigenvalue weighted by Gasteiger charge is 2.12. The van der Waals surface area contributed by atoms with Gasteiger partial charge in [-0.2, -0.15) is 0 Å². The number of nitro groups is 1. The minimum Gasteiger partial charge on any atom is -0.452 e. The van der Waals surface area contributed by atoms with E-state index in [-0.39, 0.29) is 11.3 Å². The van der Waals surface area contributed by atoms with E-state index in [1.165, 1.54) is 31.2 Å². The van der Waals surface area contributed by atoms with Crippen LogP contribution in [0.1, 0.15) is 17.3 Å². The fourth-order valence-electron chi connectivity index (χ4n) is 2.76. The number of carbonyl (C=O) groups is 3. The molecule has 0 atom stereocenters. The van der Waals surface area contributed by atoms with Crippen molar-refractivity contribution in [1.82, 2.24) is 0 Å². The highest BCUT2D eigenvalue weighted by atomic mass is 16.6. The molecule has 0 heterocycles. The van der Waals surface area contributed by atoms with Gasteiger partial charge in [0.05, 0.1) is 10.5 Å². The number of hydrogen-bond acceptors (Lipinski definition) is 7. The van der Waals surface area contributed by atoms with Crippen LogP contribution in [0.15, 0.2) is 72.8 Å². The van der Waals surface area contributed by atoms with E-state index in [1.807, 2.05) is 0 Å². The maximum atomic E-state index is 12.2. The number of benzene rings is 3. The van der Waals surface area contributed by atoms with Gasteiger partial charge in [0.2, 0.25) is 0 Å². The van der Waals surface area contributed by atoms with Gasteiger partial charge in [0.25, 0.3) is 11.6 Å². The Balaban J connectivity index is 1.53. The molecule has 1 amide bonds. The van der Waals surface area contributed by atoms with Crippen molar-refractivity contribution < 1.29 is 28.8 Å². The van der Waals surface area contributed by atoms with E-state index in [0.29, 0.717) is 11.4 Å². The zero-order valence-electron chi connectivity index (χ0n) is 16.9. The second-order valence-corrected chi connectivity index (χ2v) is 6.62. The van der Waals surface area contributed by atoms with Crippen LogP contribution < -0.4 is 10.1 Å². The predicted octanol–water partition coefficient (Wildman–Crippen LogP) is 3.98. The van der Waals surface area contributed by atoms with E-state index in [4.69, 9.17) is 9.47 Å². The maximum absolute atomic E-state index is 12.2. The zero-order chi connectivity index (χ0) is 23.1. The summed E-state index contributed by atoms with van der Waals surface area (Å²) in [6.07, 6.45) is 0. The van der Waals surface area contributed by atoms with Gasteiger partial charge in [-0.05, 0) is 47.5 Å². The van der Waals surface area contributed by atoms with Crippen LogP contribution >= 0.6 is 0 Å². The fourth-order valence-corrected chi connectivity index (χ4v) is 2.76. The lowest BCUT2D eigenvalue weighted by molar-refractivity contribution is -0.384. The first kappa shape index (κ1) is 22.2. The standard InChI is InChI=1S/C23H18N2O7/c1-15(26)32-21-12-6-17(7-13-21)16-2-4-18(5-3-16)23(28)31-14-22(27)24-19-8-10-20(11-9-19)25(29)30/h2-13H,14H2,1H3,(H,24,27).